The van der Waals surface area contributed by atoms with E-state index in [-0.39, 0.29) is 5.82 Å². The van der Waals surface area contributed by atoms with Gasteiger partial charge in [-0.25, -0.2) is 14.2 Å². The average Bonchev–Trinajstić information content (AvgIpc) is 2.23. The van der Waals surface area contributed by atoms with Crippen LogP contribution in [0.5, 0.6) is 0 Å². The predicted octanol–water partition coefficient (Wildman–Crippen LogP) is 2.03. The SMILES string of the molecule is CC=Cn1c(=O)ncc2ccc(F)cc21. The summed E-state index contributed by atoms with van der Waals surface area (Å²) < 4.78 is 14.3. The fraction of sp³-hybridized carbons (Fsp3) is 0.0909. The van der Waals surface area contributed by atoms with Gasteiger partial charge in [0.05, 0.1) is 5.52 Å². The average molecular weight is 204 g/mol. The van der Waals surface area contributed by atoms with Crippen LogP contribution in [0.2, 0.25) is 0 Å². The molecule has 0 bridgehead atoms. The molecular formula is C11H9FN2O. The minimum Gasteiger partial charge on any atom is -0.268 e. The van der Waals surface area contributed by atoms with E-state index in [0.29, 0.717) is 5.52 Å². The number of fused-ring (bicyclic) bond motifs is 1. The van der Waals surface area contributed by atoms with E-state index in [1.54, 1.807) is 25.3 Å². The molecule has 0 unspecified atom stereocenters. The number of rotatable bonds is 1. The van der Waals surface area contributed by atoms with Gasteiger partial charge in [-0.2, -0.15) is 0 Å². The van der Waals surface area contributed by atoms with Crippen LogP contribution >= 0.6 is 0 Å². The molecule has 2 aromatic rings. The topological polar surface area (TPSA) is 34.9 Å². The lowest BCUT2D eigenvalue weighted by molar-refractivity contribution is 0.629. The molecule has 1 aromatic carbocycles. The zero-order chi connectivity index (χ0) is 10.8. The highest BCUT2D eigenvalue weighted by Crippen LogP contribution is 2.12. The molecule has 0 radical (unpaired) electrons. The second-order valence-electron chi connectivity index (χ2n) is 3.10. The van der Waals surface area contributed by atoms with Crippen molar-refractivity contribution in [1.29, 1.82) is 0 Å². The van der Waals surface area contributed by atoms with Crippen molar-refractivity contribution in [2.24, 2.45) is 0 Å². The summed E-state index contributed by atoms with van der Waals surface area (Å²) in [5.74, 6) is -0.369. The lowest BCUT2D eigenvalue weighted by Crippen LogP contribution is -2.18. The molecule has 76 valence electrons. The minimum atomic E-state index is -0.411. The van der Waals surface area contributed by atoms with Crippen molar-refractivity contribution in [2.45, 2.75) is 6.92 Å². The summed E-state index contributed by atoms with van der Waals surface area (Å²) in [5, 5.41) is 0.731. The first kappa shape index (κ1) is 9.58. The Kier molecular flexibility index (Phi) is 2.33. The Balaban J connectivity index is 2.90. The molecule has 0 saturated heterocycles. The van der Waals surface area contributed by atoms with Gasteiger partial charge in [0.15, 0.2) is 0 Å². The highest BCUT2D eigenvalue weighted by molar-refractivity contribution is 5.79. The van der Waals surface area contributed by atoms with E-state index in [9.17, 15) is 9.18 Å². The van der Waals surface area contributed by atoms with Gasteiger partial charge in [0, 0.05) is 17.8 Å². The molecule has 3 nitrogen and oxygen atoms in total. The van der Waals surface area contributed by atoms with Gasteiger partial charge in [0.1, 0.15) is 5.82 Å². The summed E-state index contributed by atoms with van der Waals surface area (Å²) in [7, 11) is 0. The van der Waals surface area contributed by atoms with Gasteiger partial charge < -0.3 is 0 Å². The van der Waals surface area contributed by atoms with Crippen molar-refractivity contribution in [1.82, 2.24) is 9.55 Å². The zero-order valence-electron chi connectivity index (χ0n) is 8.14. The van der Waals surface area contributed by atoms with E-state index >= 15 is 0 Å². The molecule has 0 aliphatic carbocycles. The molecule has 0 spiro atoms. The fourth-order valence-corrected chi connectivity index (χ4v) is 1.42. The molecule has 0 fully saturated rings. The van der Waals surface area contributed by atoms with Gasteiger partial charge >= 0.3 is 5.69 Å². The number of allylic oxidation sites excluding steroid dienone is 1. The van der Waals surface area contributed by atoms with Crippen LogP contribution in [0.25, 0.3) is 17.1 Å². The second kappa shape index (κ2) is 3.65. The predicted molar refractivity (Wildman–Crippen MR) is 57.0 cm³/mol. The summed E-state index contributed by atoms with van der Waals surface area (Å²) >= 11 is 0. The van der Waals surface area contributed by atoms with Gasteiger partial charge in [0.25, 0.3) is 0 Å². The fourth-order valence-electron chi connectivity index (χ4n) is 1.42. The van der Waals surface area contributed by atoms with Crippen LogP contribution in [0, 0.1) is 5.82 Å². The Bertz CT molecular complexity index is 587. The smallest absolute Gasteiger partial charge is 0.268 e. The van der Waals surface area contributed by atoms with Gasteiger partial charge in [-0.05, 0) is 25.1 Å². The maximum atomic E-state index is 13.0. The number of halogens is 1. The second-order valence-corrected chi connectivity index (χ2v) is 3.10. The van der Waals surface area contributed by atoms with E-state index in [2.05, 4.69) is 4.98 Å². The normalized spacial score (nSPS) is 11.3. The van der Waals surface area contributed by atoms with Gasteiger partial charge in [-0.3, -0.25) is 4.57 Å². The number of hydrogen-bond donors (Lipinski definition) is 0. The van der Waals surface area contributed by atoms with Gasteiger partial charge in [0.2, 0.25) is 0 Å². The van der Waals surface area contributed by atoms with Crippen molar-refractivity contribution in [3.63, 3.8) is 0 Å². The Morgan fingerprint density at radius 1 is 1.47 bits per heavy atom. The highest BCUT2D eigenvalue weighted by atomic mass is 19.1. The van der Waals surface area contributed by atoms with Crippen molar-refractivity contribution in [2.75, 3.05) is 0 Å². The standard InChI is InChI=1S/C11H9FN2O/c1-2-5-14-10-6-9(12)4-3-8(10)7-13-11(14)15/h2-7H,1H3. The lowest BCUT2D eigenvalue weighted by atomic mass is 10.2. The Hall–Kier alpha value is -1.97. The lowest BCUT2D eigenvalue weighted by Gasteiger charge is -2.03. The largest absolute Gasteiger partial charge is 0.352 e. The highest BCUT2D eigenvalue weighted by Gasteiger charge is 2.02. The van der Waals surface area contributed by atoms with E-state index in [0.717, 1.165) is 5.39 Å². The molecule has 0 N–H and O–H groups in total. The third-order valence-corrected chi connectivity index (χ3v) is 2.07. The molecule has 1 aromatic heterocycles. The summed E-state index contributed by atoms with van der Waals surface area (Å²) in [5.41, 5.74) is 0.110. The maximum absolute atomic E-state index is 13.0. The van der Waals surface area contributed by atoms with Crippen LogP contribution in [0.1, 0.15) is 6.92 Å². The summed E-state index contributed by atoms with van der Waals surface area (Å²) in [6.07, 6.45) is 4.71. The molecule has 0 amide bonds. The van der Waals surface area contributed by atoms with Gasteiger partial charge in [-0.1, -0.05) is 6.08 Å². The number of hydrogen-bond acceptors (Lipinski definition) is 2. The van der Waals surface area contributed by atoms with Crippen LogP contribution in [0.4, 0.5) is 4.39 Å². The summed E-state index contributed by atoms with van der Waals surface area (Å²) in [6, 6.07) is 4.25. The quantitative estimate of drug-likeness (QED) is 0.712. The third kappa shape index (κ3) is 1.66. The molecule has 2 rings (SSSR count). The van der Waals surface area contributed by atoms with Crippen molar-refractivity contribution in [3.8, 4) is 0 Å². The van der Waals surface area contributed by atoms with Crippen LogP contribution in [0.15, 0.2) is 35.3 Å². The summed E-state index contributed by atoms with van der Waals surface area (Å²) in [6.45, 7) is 1.78. The number of nitrogens with zero attached hydrogens (tertiary/aromatic N) is 2. The Labute approximate surface area is 85.5 Å². The first-order chi connectivity index (χ1) is 7.22. The molecule has 4 heteroatoms. The van der Waals surface area contributed by atoms with Crippen LogP contribution in [0.3, 0.4) is 0 Å². The molecule has 0 atom stereocenters. The molecular weight excluding hydrogens is 195 g/mol. The van der Waals surface area contributed by atoms with Gasteiger partial charge in [-0.15, -0.1) is 0 Å². The van der Waals surface area contributed by atoms with E-state index in [1.807, 2.05) is 0 Å². The molecule has 15 heavy (non-hydrogen) atoms. The monoisotopic (exact) mass is 204 g/mol. The molecule has 1 heterocycles. The summed E-state index contributed by atoms with van der Waals surface area (Å²) in [4.78, 5) is 15.1. The molecule has 0 aliphatic rings. The first-order valence-corrected chi connectivity index (χ1v) is 4.52. The van der Waals surface area contributed by atoms with E-state index in [1.165, 1.54) is 22.9 Å². The molecule has 0 aliphatic heterocycles. The van der Waals surface area contributed by atoms with E-state index in [4.69, 9.17) is 0 Å². The molecule has 0 saturated carbocycles. The minimum absolute atomic E-state index is 0.369. The Morgan fingerprint density at radius 3 is 3.00 bits per heavy atom. The number of benzene rings is 1. The van der Waals surface area contributed by atoms with E-state index < -0.39 is 5.69 Å². The van der Waals surface area contributed by atoms with Crippen molar-refractivity contribution in [3.05, 3.63) is 46.8 Å². The van der Waals surface area contributed by atoms with Crippen LogP contribution in [-0.4, -0.2) is 9.55 Å². The van der Waals surface area contributed by atoms with Crippen LogP contribution in [-0.2, 0) is 0 Å². The first-order valence-electron chi connectivity index (χ1n) is 4.52. The third-order valence-electron chi connectivity index (χ3n) is 2.07. The number of aromatic nitrogens is 2. The van der Waals surface area contributed by atoms with Crippen molar-refractivity contribution < 1.29 is 4.39 Å². The van der Waals surface area contributed by atoms with Crippen LogP contribution < -0.4 is 5.69 Å². The Morgan fingerprint density at radius 2 is 2.27 bits per heavy atom. The van der Waals surface area contributed by atoms with Crippen molar-refractivity contribution >= 4 is 17.1 Å². The maximum Gasteiger partial charge on any atom is 0.352 e. The zero-order valence-corrected chi connectivity index (χ0v) is 8.14.